The lowest BCUT2D eigenvalue weighted by Gasteiger charge is -2.24. The second-order valence-electron chi connectivity index (χ2n) is 7.77. The van der Waals surface area contributed by atoms with Crippen molar-refractivity contribution in [3.63, 3.8) is 0 Å². The summed E-state index contributed by atoms with van der Waals surface area (Å²) in [5.41, 5.74) is 0. The molecule has 1 saturated carbocycles. The molecule has 0 amide bonds. The van der Waals surface area contributed by atoms with E-state index >= 15 is 0 Å². The Morgan fingerprint density at radius 2 is 1.56 bits per heavy atom. The number of rotatable bonds is 14. The Morgan fingerprint density at radius 1 is 0.920 bits per heavy atom. The molecule has 5 heteroatoms. The summed E-state index contributed by atoms with van der Waals surface area (Å²) in [7, 11) is 0. The Hall–Kier alpha value is -0.650. The molecular weight excluding hydrogens is 320 g/mol. The molecule has 0 aliphatic heterocycles. The van der Waals surface area contributed by atoms with Gasteiger partial charge in [-0.05, 0) is 50.4 Å². The normalized spacial score (nSPS) is 27.5. The van der Waals surface area contributed by atoms with Crippen LogP contribution in [0, 0.1) is 11.8 Å². The number of hydrogen-bond acceptors (Lipinski definition) is 4. The lowest BCUT2D eigenvalue weighted by Crippen LogP contribution is -2.24. The molecule has 0 unspecified atom stereocenters. The van der Waals surface area contributed by atoms with E-state index in [1.807, 2.05) is 0 Å². The molecule has 0 bridgehead atoms. The minimum Gasteiger partial charge on any atom is -0.481 e. The van der Waals surface area contributed by atoms with E-state index in [1.165, 1.54) is 0 Å². The van der Waals surface area contributed by atoms with Gasteiger partial charge in [0, 0.05) is 6.42 Å². The summed E-state index contributed by atoms with van der Waals surface area (Å²) in [4.78, 5) is 10.5. The van der Waals surface area contributed by atoms with Crippen LogP contribution < -0.4 is 0 Å². The summed E-state index contributed by atoms with van der Waals surface area (Å²) in [6.07, 6.45) is 9.52. The number of unbranched alkanes of at least 4 members (excludes halogenated alkanes) is 5. The molecule has 1 fully saturated rings. The van der Waals surface area contributed by atoms with Crippen LogP contribution in [0.5, 0.6) is 0 Å². The van der Waals surface area contributed by atoms with Crippen molar-refractivity contribution < 1.29 is 25.2 Å². The van der Waals surface area contributed by atoms with Crippen LogP contribution in [0.25, 0.3) is 0 Å². The van der Waals surface area contributed by atoms with Crippen LogP contribution in [0.15, 0.2) is 0 Å². The first-order chi connectivity index (χ1) is 12.0. The minimum absolute atomic E-state index is 0.0786. The molecule has 1 aliphatic rings. The molecule has 5 atom stereocenters. The topological polar surface area (TPSA) is 98.0 Å². The number of aliphatic hydroxyl groups excluding tert-OH is 3. The van der Waals surface area contributed by atoms with Gasteiger partial charge in [0.1, 0.15) is 0 Å². The van der Waals surface area contributed by atoms with Gasteiger partial charge < -0.3 is 20.4 Å². The van der Waals surface area contributed by atoms with Crippen LogP contribution in [-0.2, 0) is 4.79 Å². The van der Waals surface area contributed by atoms with Crippen molar-refractivity contribution in [3.05, 3.63) is 0 Å². The number of carbonyl (C=O) groups is 1. The van der Waals surface area contributed by atoms with E-state index in [0.29, 0.717) is 19.3 Å². The van der Waals surface area contributed by atoms with E-state index in [2.05, 4.69) is 6.92 Å². The van der Waals surface area contributed by atoms with E-state index in [0.717, 1.165) is 57.8 Å². The SMILES string of the molecule is CCCCC[C@@H](O)CC[C@@H]1[C@@H](CCCCCCC(=O)O)[C@@H](O)C[C@@H]1O. The quantitative estimate of drug-likeness (QED) is 0.356. The number of aliphatic carboxylic acids is 1. The van der Waals surface area contributed by atoms with Gasteiger partial charge >= 0.3 is 5.97 Å². The maximum absolute atomic E-state index is 10.5. The van der Waals surface area contributed by atoms with Crippen LogP contribution >= 0.6 is 0 Å². The van der Waals surface area contributed by atoms with Gasteiger partial charge in [0.2, 0.25) is 0 Å². The summed E-state index contributed by atoms with van der Waals surface area (Å²) in [5, 5.41) is 39.2. The fourth-order valence-corrected chi connectivity index (χ4v) is 4.15. The lowest BCUT2D eigenvalue weighted by atomic mass is 9.84. The van der Waals surface area contributed by atoms with Gasteiger partial charge in [-0.2, -0.15) is 0 Å². The molecule has 0 radical (unpaired) electrons. The standard InChI is InChI=1S/C20H38O5/c1-2-3-6-9-15(21)12-13-17-16(18(22)14-19(17)23)10-7-4-5-8-11-20(24)25/h15-19,21-23H,2-14H2,1H3,(H,24,25)/t15-,16-,17-,18+,19+/m1/s1. The Labute approximate surface area is 152 Å². The van der Waals surface area contributed by atoms with Crippen molar-refractivity contribution >= 4 is 5.97 Å². The zero-order chi connectivity index (χ0) is 18.7. The van der Waals surface area contributed by atoms with Gasteiger partial charge in [0.25, 0.3) is 0 Å². The molecule has 148 valence electrons. The molecule has 4 N–H and O–H groups in total. The fraction of sp³-hybridized carbons (Fsp3) is 0.950. The Kier molecular flexibility index (Phi) is 11.3. The first-order valence-electron chi connectivity index (χ1n) is 10.2. The summed E-state index contributed by atoms with van der Waals surface area (Å²) < 4.78 is 0. The number of carboxylic acid groups (broad SMARTS) is 1. The predicted molar refractivity (Wildman–Crippen MR) is 98.3 cm³/mol. The van der Waals surface area contributed by atoms with E-state index in [4.69, 9.17) is 5.11 Å². The monoisotopic (exact) mass is 358 g/mol. The van der Waals surface area contributed by atoms with Gasteiger partial charge in [0.15, 0.2) is 0 Å². The molecule has 1 rings (SSSR count). The highest BCUT2D eigenvalue weighted by Gasteiger charge is 2.40. The first kappa shape index (κ1) is 22.4. The Balaban J connectivity index is 2.28. The highest BCUT2D eigenvalue weighted by Crippen LogP contribution is 2.39. The molecule has 5 nitrogen and oxygen atoms in total. The smallest absolute Gasteiger partial charge is 0.303 e. The third-order valence-corrected chi connectivity index (χ3v) is 5.67. The number of hydrogen-bond donors (Lipinski definition) is 4. The summed E-state index contributed by atoms with van der Waals surface area (Å²) in [5.74, 6) is -0.556. The predicted octanol–water partition coefficient (Wildman–Crippen LogP) is 3.49. The maximum Gasteiger partial charge on any atom is 0.303 e. The summed E-state index contributed by atoms with van der Waals surface area (Å²) in [6.45, 7) is 2.15. The highest BCUT2D eigenvalue weighted by molar-refractivity contribution is 5.66. The van der Waals surface area contributed by atoms with Gasteiger partial charge in [-0.15, -0.1) is 0 Å². The molecule has 0 aromatic rings. The molecule has 0 heterocycles. The Bertz CT molecular complexity index is 360. The second kappa shape index (κ2) is 12.7. The van der Waals surface area contributed by atoms with Crippen LogP contribution in [0.3, 0.4) is 0 Å². The third-order valence-electron chi connectivity index (χ3n) is 5.67. The van der Waals surface area contributed by atoms with Crippen molar-refractivity contribution in [2.45, 2.75) is 109 Å². The lowest BCUT2D eigenvalue weighted by molar-refractivity contribution is -0.137. The van der Waals surface area contributed by atoms with Crippen LogP contribution in [0.4, 0.5) is 0 Å². The van der Waals surface area contributed by atoms with E-state index in [-0.39, 0.29) is 24.4 Å². The number of aliphatic hydroxyl groups is 3. The van der Waals surface area contributed by atoms with Gasteiger partial charge in [-0.25, -0.2) is 0 Å². The third kappa shape index (κ3) is 9.02. The molecule has 0 aromatic carbocycles. The average Bonchev–Trinajstić information content (AvgIpc) is 2.82. The van der Waals surface area contributed by atoms with Crippen molar-refractivity contribution in [1.82, 2.24) is 0 Å². The van der Waals surface area contributed by atoms with Crippen LogP contribution in [-0.4, -0.2) is 44.7 Å². The maximum atomic E-state index is 10.5. The van der Waals surface area contributed by atoms with Crippen LogP contribution in [0.2, 0.25) is 0 Å². The summed E-state index contributed by atoms with van der Waals surface area (Å²) in [6, 6.07) is 0. The molecular formula is C20H38O5. The zero-order valence-corrected chi connectivity index (χ0v) is 15.8. The van der Waals surface area contributed by atoms with Gasteiger partial charge in [-0.3, -0.25) is 4.79 Å². The van der Waals surface area contributed by atoms with Crippen molar-refractivity contribution in [1.29, 1.82) is 0 Å². The minimum atomic E-state index is -0.744. The number of carboxylic acids is 1. The van der Waals surface area contributed by atoms with E-state index in [1.54, 1.807) is 0 Å². The average molecular weight is 359 g/mol. The van der Waals surface area contributed by atoms with E-state index < -0.39 is 18.2 Å². The highest BCUT2D eigenvalue weighted by atomic mass is 16.4. The van der Waals surface area contributed by atoms with E-state index in [9.17, 15) is 20.1 Å². The van der Waals surface area contributed by atoms with Crippen molar-refractivity contribution in [3.8, 4) is 0 Å². The van der Waals surface area contributed by atoms with Crippen molar-refractivity contribution in [2.24, 2.45) is 11.8 Å². The second-order valence-corrected chi connectivity index (χ2v) is 7.77. The fourth-order valence-electron chi connectivity index (χ4n) is 4.15. The molecule has 0 spiro atoms. The van der Waals surface area contributed by atoms with Gasteiger partial charge in [-0.1, -0.05) is 45.4 Å². The molecule has 25 heavy (non-hydrogen) atoms. The van der Waals surface area contributed by atoms with Crippen molar-refractivity contribution in [2.75, 3.05) is 0 Å². The first-order valence-corrected chi connectivity index (χ1v) is 10.2. The Morgan fingerprint density at radius 3 is 2.20 bits per heavy atom. The zero-order valence-electron chi connectivity index (χ0n) is 15.8. The summed E-state index contributed by atoms with van der Waals surface area (Å²) >= 11 is 0. The van der Waals surface area contributed by atoms with Crippen LogP contribution in [0.1, 0.15) is 90.4 Å². The molecule has 0 aromatic heterocycles. The molecule has 1 aliphatic carbocycles. The van der Waals surface area contributed by atoms with Gasteiger partial charge in [0.05, 0.1) is 18.3 Å². The molecule has 0 saturated heterocycles. The largest absolute Gasteiger partial charge is 0.481 e.